The molecular weight excluding hydrogens is 221 g/mol. The zero-order chi connectivity index (χ0) is 12.8. The number of hydrogen-bond donors (Lipinski definition) is 1. The lowest BCUT2D eigenvalue weighted by molar-refractivity contribution is -0.127. The lowest BCUT2D eigenvalue weighted by Crippen LogP contribution is -2.36. The summed E-state index contributed by atoms with van der Waals surface area (Å²) in [5, 5.41) is 2.62. The standard InChI is InChI=1S/C13H16FNO2/c1-4-7-15-13(16)10(3)17-11-5-6-12(14)9(2)8-11/h4-6,8,10H,1,7H2,2-3H3,(H,15,16). The molecule has 1 unspecified atom stereocenters. The van der Waals surface area contributed by atoms with Crippen molar-refractivity contribution in [3.8, 4) is 5.75 Å². The van der Waals surface area contributed by atoms with Gasteiger partial charge in [0.25, 0.3) is 5.91 Å². The maximum absolute atomic E-state index is 13.0. The number of nitrogens with one attached hydrogen (secondary N) is 1. The summed E-state index contributed by atoms with van der Waals surface area (Å²) in [5.74, 6) is -0.0434. The number of benzene rings is 1. The maximum atomic E-state index is 13.0. The third kappa shape index (κ3) is 3.90. The SMILES string of the molecule is C=CCNC(=O)C(C)Oc1ccc(F)c(C)c1. The first kappa shape index (κ1) is 13.2. The second-order valence-electron chi connectivity index (χ2n) is 3.70. The smallest absolute Gasteiger partial charge is 0.261 e. The molecule has 0 bridgehead atoms. The van der Waals surface area contributed by atoms with E-state index in [1.807, 2.05) is 0 Å². The van der Waals surface area contributed by atoms with Crippen LogP contribution in [0.2, 0.25) is 0 Å². The molecular formula is C13H16FNO2. The first-order valence-corrected chi connectivity index (χ1v) is 5.36. The van der Waals surface area contributed by atoms with Crippen LogP contribution < -0.4 is 10.1 Å². The fourth-order valence-electron chi connectivity index (χ4n) is 1.26. The fraction of sp³-hybridized carbons (Fsp3) is 0.308. The summed E-state index contributed by atoms with van der Waals surface area (Å²) in [6.07, 6.45) is 0.965. The van der Waals surface area contributed by atoms with E-state index in [9.17, 15) is 9.18 Å². The van der Waals surface area contributed by atoms with E-state index in [1.165, 1.54) is 12.1 Å². The van der Waals surface area contributed by atoms with Crippen LogP contribution in [0.3, 0.4) is 0 Å². The molecule has 17 heavy (non-hydrogen) atoms. The van der Waals surface area contributed by atoms with E-state index in [0.717, 1.165) is 0 Å². The molecule has 0 saturated carbocycles. The van der Waals surface area contributed by atoms with Crippen LogP contribution in [-0.2, 0) is 4.79 Å². The van der Waals surface area contributed by atoms with Crippen molar-refractivity contribution in [2.75, 3.05) is 6.54 Å². The largest absolute Gasteiger partial charge is 0.481 e. The van der Waals surface area contributed by atoms with Crippen molar-refractivity contribution in [2.45, 2.75) is 20.0 Å². The highest BCUT2D eigenvalue weighted by molar-refractivity contribution is 5.80. The zero-order valence-corrected chi connectivity index (χ0v) is 10.00. The number of halogens is 1. The van der Waals surface area contributed by atoms with Gasteiger partial charge in [-0.1, -0.05) is 6.08 Å². The molecule has 0 aliphatic carbocycles. The van der Waals surface area contributed by atoms with Crippen LogP contribution in [0.15, 0.2) is 30.9 Å². The van der Waals surface area contributed by atoms with Gasteiger partial charge in [0.05, 0.1) is 0 Å². The van der Waals surface area contributed by atoms with E-state index in [-0.39, 0.29) is 11.7 Å². The molecule has 92 valence electrons. The Bertz CT molecular complexity index is 418. The number of carbonyl (C=O) groups excluding carboxylic acids is 1. The molecule has 1 aromatic rings. The Balaban J connectivity index is 2.61. The predicted molar refractivity (Wildman–Crippen MR) is 64.4 cm³/mol. The quantitative estimate of drug-likeness (QED) is 0.797. The highest BCUT2D eigenvalue weighted by atomic mass is 19.1. The maximum Gasteiger partial charge on any atom is 0.261 e. The molecule has 0 saturated heterocycles. The summed E-state index contributed by atoms with van der Waals surface area (Å²) in [7, 11) is 0. The molecule has 0 radical (unpaired) electrons. The molecule has 0 aromatic heterocycles. The van der Waals surface area contributed by atoms with Gasteiger partial charge in [-0.25, -0.2) is 4.39 Å². The summed E-state index contributed by atoms with van der Waals surface area (Å²) >= 11 is 0. The second-order valence-corrected chi connectivity index (χ2v) is 3.70. The zero-order valence-electron chi connectivity index (χ0n) is 10.00. The Morgan fingerprint density at radius 1 is 1.65 bits per heavy atom. The van der Waals surface area contributed by atoms with E-state index in [0.29, 0.717) is 17.9 Å². The number of aryl methyl sites for hydroxylation is 1. The van der Waals surface area contributed by atoms with Crippen LogP contribution in [0.1, 0.15) is 12.5 Å². The summed E-state index contributed by atoms with van der Waals surface area (Å²) < 4.78 is 18.4. The molecule has 4 heteroatoms. The molecule has 1 rings (SSSR count). The average molecular weight is 237 g/mol. The van der Waals surface area contributed by atoms with Crippen LogP contribution in [0.4, 0.5) is 4.39 Å². The Morgan fingerprint density at radius 3 is 2.94 bits per heavy atom. The van der Waals surface area contributed by atoms with Crippen LogP contribution in [-0.4, -0.2) is 18.6 Å². The van der Waals surface area contributed by atoms with Gasteiger partial charge in [0.1, 0.15) is 11.6 Å². The monoisotopic (exact) mass is 237 g/mol. The minimum Gasteiger partial charge on any atom is -0.481 e. The van der Waals surface area contributed by atoms with Crippen LogP contribution in [0.25, 0.3) is 0 Å². The third-order valence-corrected chi connectivity index (χ3v) is 2.23. The topological polar surface area (TPSA) is 38.3 Å². The van der Waals surface area contributed by atoms with E-state index in [1.54, 1.807) is 26.0 Å². The lowest BCUT2D eigenvalue weighted by atomic mass is 10.2. The molecule has 1 amide bonds. The molecule has 0 aliphatic rings. The van der Waals surface area contributed by atoms with Crippen LogP contribution in [0.5, 0.6) is 5.75 Å². The number of amides is 1. The van der Waals surface area contributed by atoms with E-state index in [2.05, 4.69) is 11.9 Å². The number of carbonyl (C=O) groups is 1. The van der Waals surface area contributed by atoms with Crippen LogP contribution >= 0.6 is 0 Å². The van der Waals surface area contributed by atoms with Crippen molar-refractivity contribution >= 4 is 5.91 Å². The van der Waals surface area contributed by atoms with Crippen molar-refractivity contribution in [1.82, 2.24) is 5.32 Å². The number of ether oxygens (including phenoxy) is 1. The van der Waals surface area contributed by atoms with Crippen molar-refractivity contribution in [2.24, 2.45) is 0 Å². The predicted octanol–water partition coefficient (Wildman–Crippen LogP) is 2.20. The molecule has 0 heterocycles. The normalized spacial score (nSPS) is 11.7. The van der Waals surface area contributed by atoms with Gasteiger partial charge in [0.15, 0.2) is 6.10 Å². The summed E-state index contributed by atoms with van der Waals surface area (Å²) in [5.41, 5.74) is 0.487. The molecule has 0 spiro atoms. The van der Waals surface area contributed by atoms with E-state index >= 15 is 0 Å². The molecule has 1 N–H and O–H groups in total. The van der Waals surface area contributed by atoms with Gasteiger partial charge in [-0.15, -0.1) is 6.58 Å². The van der Waals surface area contributed by atoms with Gasteiger partial charge >= 0.3 is 0 Å². The van der Waals surface area contributed by atoms with Crippen molar-refractivity contribution in [3.05, 3.63) is 42.2 Å². The summed E-state index contributed by atoms with van der Waals surface area (Å²) in [4.78, 5) is 11.5. The summed E-state index contributed by atoms with van der Waals surface area (Å²) in [6.45, 7) is 7.18. The van der Waals surface area contributed by atoms with Gasteiger partial charge in [-0.3, -0.25) is 4.79 Å². The first-order valence-electron chi connectivity index (χ1n) is 5.36. The minimum absolute atomic E-state index is 0.230. The summed E-state index contributed by atoms with van der Waals surface area (Å²) in [6, 6.07) is 4.38. The van der Waals surface area contributed by atoms with Gasteiger partial charge < -0.3 is 10.1 Å². The van der Waals surface area contributed by atoms with Gasteiger partial charge in [0.2, 0.25) is 0 Å². The Labute approximate surface area is 100 Å². The van der Waals surface area contributed by atoms with Crippen molar-refractivity contribution in [1.29, 1.82) is 0 Å². The number of hydrogen-bond acceptors (Lipinski definition) is 2. The fourth-order valence-corrected chi connectivity index (χ4v) is 1.26. The molecule has 1 atom stereocenters. The highest BCUT2D eigenvalue weighted by Crippen LogP contribution is 2.17. The Hall–Kier alpha value is -1.84. The molecule has 0 fully saturated rings. The lowest BCUT2D eigenvalue weighted by Gasteiger charge is -2.14. The van der Waals surface area contributed by atoms with Crippen molar-refractivity contribution in [3.63, 3.8) is 0 Å². The molecule has 3 nitrogen and oxygen atoms in total. The molecule has 0 aliphatic heterocycles. The van der Waals surface area contributed by atoms with Gasteiger partial charge in [0, 0.05) is 6.54 Å². The Morgan fingerprint density at radius 2 is 2.35 bits per heavy atom. The highest BCUT2D eigenvalue weighted by Gasteiger charge is 2.13. The number of rotatable bonds is 5. The minimum atomic E-state index is -0.625. The molecule has 1 aromatic carbocycles. The second kappa shape index (κ2) is 6.03. The first-order chi connectivity index (χ1) is 8.04. The van der Waals surface area contributed by atoms with E-state index < -0.39 is 6.10 Å². The van der Waals surface area contributed by atoms with Crippen LogP contribution in [0, 0.1) is 12.7 Å². The van der Waals surface area contributed by atoms with Gasteiger partial charge in [-0.2, -0.15) is 0 Å². The third-order valence-electron chi connectivity index (χ3n) is 2.23. The van der Waals surface area contributed by atoms with Gasteiger partial charge in [-0.05, 0) is 37.6 Å². The van der Waals surface area contributed by atoms with E-state index in [4.69, 9.17) is 4.74 Å². The van der Waals surface area contributed by atoms with Crippen molar-refractivity contribution < 1.29 is 13.9 Å². The average Bonchev–Trinajstić information content (AvgIpc) is 2.30. The Kier molecular flexibility index (Phi) is 4.69.